The Morgan fingerprint density at radius 3 is 2.35 bits per heavy atom. The number of ether oxygens (including phenoxy) is 2. The number of nitrogens with zero attached hydrogens (tertiary/aromatic N) is 3. The van der Waals surface area contributed by atoms with Crippen LogP contribution in [0.5, 0.6) is 11.5 Å². The van der Waals surface area contributed by atoms with Crippen molar-refractivity contribution in [2.24, 2.45) is 0 Å². The first kappa shape index (κ1) is 24.6. The first-order valence-electron chi connectivity index (χ1n) is 10.3. The molecule has 0 bridgehead atoms. The molecule has 0 saturated heterocycles. The summed E-state index contributed by atoms with van der Waals surface area (Å²) in [4.78, 5) is 23.9. The summed E-state index contributed by atoms with van der Waals surface area (Å²) in [6.45, 7) is 8.83. The number of hydrogen-bond donors (Lipinski definition) is 2. The smallest absolute Gasteiger partial charge is 0.426 e. The zero-order valence-electron chi connectivity index (χ0n) is 19.4. The SMILES string of the molecule is Cc1nn(-c2ccc(C#N)c(Cl)c2)c(C)c1Oc1ccc(C(=O)NNC(=O)OC(C)(C)C)cc1. The summed E-state index contributed by atoms with van der Waals surface area (Å²) < 4.78 is 12.8. The maximum absolute atomic E-state index is 12.3. The minimum Gasteiger partial charge on any atom is -0.453 e. The molecule has 2 aromatic carbocycles. The molecule has 176 valence electrons. The van der Waals surface area contributed by atoms with Gasteiger partial charge in [0.15, 0.2) is 5.75 Å². The van der Waals surface area contributed by atoms with Crippen LogP contribution >= 0.6 is 11.6 Å². The largest absolute Gasteiger partial charge is 0.453 e. The summed E-state index contributed by atoms with van der Waals surface area (Å²) in [5.41, 5.74) is 6.62. The van der Waals surface area contributed by atoms with Crippen molar-refractivity contribution in [1.29, 1.82) is 5.26 Å². The Labute approximate surface area is 202 Å². The van der Waals surface area contributed by atoms with Gasteiger partial charge in [0.05, 0.1) is 22.0 Å². The average Bonchev–Trinajstić information content (AvgIpc) is 3.05. The van der Waals surface area contributed by atoms with E-state index in [-0.39, 0.29) is 0 Å². The van der Waals surface area contributed by atoms with E-state index in [1.807, 2.05) is 19.9 Å². The highest BCUT2D eigenvalue weighted by Crippen LogP contribution is 2.31. The molecule has 1 aromatic heterocycles. The third kappa shape index (κ3) is 5.85. The minimum absolute atomic E-state index is 0.319. The summed E-state index contributed by atoms with van der Waals surface area (Å²) in [7, 11) is 0. The molecule has 10 heteroatoms. The number of carbonyl (C=O) groups excluding carboxylic acids is 2. The van der Waals surface area contributed by atoms with E-state index >= 15 is 0 Å². The predicted octanol–water partition coefficient (Wildman–Crippen LogP) is 4.98. The maximum atomic E-state index is 12.3. The highest BCUT2D eigenvalue weighted by atomic mass is 35.5. The van der Waals surface area contributed by atoms with Crippen molar-refractivity contribution >= 4 is 23.6 Å². The molecule has 3 aromatic rings. The molecule has 0 aliphatic rings. The normalized spacial score (nSPS) is 10.9. The summed E-state index contributed by atoms with van der Waals surface area (Å²) in [6.07, 6.45) is -0.757. The number of amides is 2. The molecule has 0 aliphatic heterocycles. The van der Waals surface area contributed by atoms with Crippen LogP contribution in [-0.2, 0) is 4.74 Å². The van der Waals surface area contributed by atoms with Crippen LogP contribution in [-0.4, -0.2) is 27.4 Å². The van der Waals surface area contributed by atoms with Gasteiger partial charge < -0.3 is 9.47 Å². The number of halogens is 1. The topological polar surface area (TPSA) is 118 Å². The number of nitrogens with one attached hydrogen (secondary N) is 2. The number of aryl methyl sites for hydroxylation is 1. The van der Waals surface area contributed by atoms with Gasteiger partial charge in [0.25, 0.3) is 5.91 Å². The van der Waals surface area contributed by atoms with Gasteiger partial charge >= 0.3 is 6.09 Å². The highest BCUT2D eigenvalue weighted by molar-refractivity contribution is 6.31. The second-order valence-electron chi connectivity index (χ2n) is 8.40. The fourth-order valence-corrected chi connectivity index (χ4v) is 3.25. The standard InChI is InChI=1S/C24H24ClN5O4/c1-14-21(15(2)30(29-14)18-9-6-17(13-26)20(25)12-18)33-19-10-7-16(8-11-19)22(31)27-28-23(32)34-24(3,4)5/h6-12H,1-5H3,(H,27,31)(H,28,32). The number of hydrazine groups is 1. The Kier molecular flexibility index (Phi) is 7.13. The van der Waals surface area contributed by atoms with Gasteiger partial charge in [0, 0.05) is 5.56 Å². The molecule has 0 saturated carbocycles. The summed E-state index contributed by atoms with van der Waals surface area (Å²) in [5.74, 6) is 0.555. The van der Waals surface area contributed by atoms with E-state index in [9.17, 15) is 9.59 Å². The van der Waals surface area contributed by atoms with E-state index in [2.05, 4.69) is 16.0 Å². The first-order chi connectivity index (χ1) is 16.0. The maximum Gasteiger partial charge on any atom is 0.426 e. The van der Waals surface area contributed by atoms with Crippen molar-refractivity contribution in [2.45, 2.75) is 40.2 Å². The third-order valence-electron chi connectivity index (χ3n) is 4.56. The number of benzene rings is 2. The Morgan fingerprint density at radius 1 is 1.09 bits per heavy atom. The van der Waals surface area contributed by atoms with Gasteiger partial charge in [-0.3, -0.25) is 10.2 Å². The van der Waals surface area contributed by atoms with E-state index < -0.39 is 17.6 Å². The van der Waals surface area contributed by atoms with Gasteiger partial charge in [-0.25, -0.2) is 14.9 Å². The molecule has 0 aliphatic carbocycles. The van der Waals surface area contributed by atoms with Crippen LogP contribution in [0.25, 0.3) is 5.69 Å². The van der Waals surface area contributed by atoms with Gasteiger partial charge in [-0.1, -0.05) is 11.6 Å². The highest BCUT2D eigenvalue weighted by Gasteiger charge is 2.18. The molecule has 1 heterocycles. The monoisotopic (exact) mass is 481 g/mol. The molecule has 0 atom stereocenters. The summed E-state index contributed by atoms with van der Waals surface area (Å²) >= 11 is 6.16. The zero-order chi connectivity index (χ0) is 25.0. The minimum atomic E-state index is -0.757. The lowest BCUT2D eigenvalue weighted by atomic mass is 10.2. The van der Waals surface area contributed by atoms with Crippen molar-refractivity contribution in [2.75, 3.05) is 0 Å². The summed E-state index contributed by atoms with van der Waals surface area (Å²) in [6, 6.07) is 13.5. The lowest BCUT2D eigenvalue weighted by Crippen LogP contribution is -2.44. The molecule has 2 N–H and O–H groups in total. The molecule has 0 spiro atoms. The van der Waals surface area contributed by atoms with Gasteiger partial charge in [0.1, 0.15) is 23.1 Å². The Balaban J connectivity index is 1.70. The molecule has 9 nitrogen and oxygen atoms in total. The van der Waals surface area contributed by atoms with Crippen molar-refractivity contribution in [3.63, 3.8) is 0 Å². The van der Waals surface area contributed by atoms with E-state index in [0.717, 1.165) is 5.69 Å². The quantitative estimate of drug-likeness (QED) is 0.507. The average molecular weight is 482 g/mol. The van der Waals surface area contributed by atoms with Crippen LogP contribution in [0.15, 0.2) is 42.5 Å². The lowest BCUT2D eigenvalue weighted by molar-refractivity contribution is 0.0483. The van der Waals surface area contributed by atoms with E-state index in [1.165, 1.54) is 0 Å². The van der Waals surface area contributed by atoms with Crippen LogP contribution in [0, 0.1) is 25.2 Å². The van der Waals surface area contributed by atoms with E-state index in [1.54, 1.807) is 67.9 Å². The van der Waals surface area contributed by atoms with Crippen molar-refractivity contribution in [3.05, 3.63) is 70.0 Å². The Morgan fingerprint density at radius 2 is 1.76 bits per heavy atom. The second kappa shape index (κ2) is 9.85. The molecule has 0 radical (unpaired) electrons. The molecule has 0 fully saturated rings. The van der Waals surface area contributed by atoms with Gasteiger partial charge in [0.2, 0.25) is 0 Å². The Hall–Kier alpha value is -4.03. The van der Waals surface area contributed by atoms with E-state index in [0.29, 0.717) is 39.0 Å². The molecular formula is C24H24ClN5O4. The number of hydrogen-bond acceptors (Lipinski definition) is 6. The molecule has 3 rings (SSSR count). The van der Waals surface area contributed by atoms with Crippen LogP contribution in [0.1, 0.15) is 48.1 Å². The second-order valence-corrected chi connectivity index (χ2v) is 8.80. The molecule has 34 heavy (non-hydrogen) atoms. The Bertz CT molecular complexity index is 1270. The van der Waals surface area contributed by atoms with E-state index in [4.69, 9.17) is 26.3 Å². The van der Waals surface area contributed by atoms with Gasteiger partial charge in [-0.05, 0) is 77.1 Å². The molecule has 2 amide bonds. The lowest BCUT2D eigenvalue weighted by Gasteiger charge is -2.19. The number of carbonyl (C=O) groups is 2. The summed E-state index contributed by atoms with van der Waals surface area (Å²) in [5, 5.41) is 13.9. The van der Waals surface area contributed by atoms with Crippen LogP contribution < -0.4 is 15.6 Å². The van der Waals surface area contributed by atoms with Crippen molar-refractivity contribution in [3.8, 4) is 23.3 Å². The van der Waals surface area contributed by atoms with Crippen LogP contribution in [0.3, 0.4) is 0 Å². The van der Waals surface area contributed by atoms with Gasteiger partial charge in [-0.15, -0.1) is 0 Å². The molecular weight excluding hydrogens is 458 g/mol. The first-order valence-corrected chi connectivity index (χ1v) is 10.7. The van der Waals surface area contributed by atoms with Crippen LogP contribution in [0.4, 0.5) is 4.79 Å². The fraction of sp³-hybridized carbons (Fsp3) is 0.250. The number of nitriles is 1. The zero-order valence-corrected chi connectivity index (χ0v) is 20.1. The fourth-order valence-electron chi connectivity index (χ4n) is 3.03. The van der Waals surface area contributed by atoms with Crippen molar-refractivity contribution in [1.82, 2.24) is 20.6 Å². The third-order valence-corrected chi connectivity index (χ3v) is 4.87. The molecule has 0 unspecified atom stereocenters. The van der Waals surface area contributed by atoms with Crippen LogP contribution in [0.2, 0.25) is 5.02 Å². The predicted molar refractivity (Wildman–Crippen MR) is 126 cm³/mol. The number of aromatic nitrogens is 2. The van der Waals surface area contributed by atoms with Gasteiger partial charge in [-0.2, -0.15) is 10.4 Å². The number of rotatable bonds is 4. The van der Waals surface area contributed by atoms with Crippen molar-refractivity contribution < 1.29 is 19.1 Å².